The van der Waals surface area contributed by atoms with Gasteiger partial charge in [-0.1, -0.05) is 18.2 Å². The molecular formula is C12H8ClF3N4O. The Bertz CT molecular complexity index is 696. The van der Waals surface area contributed by atoms with Crippen LogP contribution in [0.25, 0.3) is 5.69 Å². The molecule has 0 aliphatic rings. The summed E-state index contributed by atoms with van der Waals surface area (Å²) >= 11 is 5.95. The van der Waals surface area contributed by atoms with E-state index in [1.54, 1.807) is 0 Å². The second-order valence-electron chi connectivity index (χ2n) is 3.88. The van der Waals surface area contributed by atoms with Crippen LogP contribution in [0, 0.1) is 0 Å². The normalized spacial score (nSPS) is 11.2. The van der Waals surface area contributed by atoms with Crippen LogP contribution >= 0.6 is 11.6 Å². The SMILES string of the molecule is C=CC(=O)Nc1ccc(-n2ncc(C(F)(F)F)n2)c(Cl)c1. The van der Waals surface area contributed by atoms with E-state index in [2.05, 4.69) is 22.1 Å². The summed E-state index contributed by atoms with van der Waals surface area (Å²) in [6.45, 7) is 3.29. The average molecular weight is 317 g/mol. The average Bonchev–Trinajstić information content (AvgIpc) is 2.88. The van der Waals surface area contributed by atoms with E-state index in [1.165, 1.54) is 18.2 Å². The summed E-state index contributed by atoms with van der Waals surface area (Å²) in [5.41, 5.74) is -0.594. The third-order valence-electron chi connectivity index (χ3n) is 2.40. The fourth-order valence-corrected chi connectivity index (χ4v) is 1.71. The van der Waals surface area contributed by atoms with Crippen molar-refractivity contribution in [3.05, 3.63) is 47.8 Å². The minimum absolute atomic E-state index is 0.0844. The Morgan fingerprint density at radius 3 is 2.67 bits per heavy atom. The summed E-state index contributed by atoms with van der Waals surface area (Å²) in [5.74, 6) is -0.435. The van der Waals surface area contributed by atoms with Crippen LogP contribution in [-0.2, 0) is 11.0 Å². The fourth-order valence-electron chi connectivity index (χ4n) is 1.45. The van der Waals surface area contributed by atoms with Gasteiger partial charge in [-0.15, -0.1) is 9.90 Å². The smallest absolute Gasteiger partial charge is 0.322 e. The van der Waals surface area contributed by atoms with E-state index in [0.717, 1.165) is 10.9 Å². The lowest BCUT2D eigenvalue weighted by Gasteiger charge is -2.07. The minimum atomic E-state index is -4.58. The number of nitrogens with one attached hydrogen (secondary N) is 1. The van der Waals surface area contributed by atoms with E-state index in [0.29, 0.717) is 11.9 Å². The number of aromatic nitrogens is 3. The van der Waals surface area contributed by atoms with E-state index >= 15 is 0 Å². The van der Waals surface area contributed by atoms with Crippen molar-refractivity contribution in [1.29, 1.82) is 0 Å². The lowest BCUT2D eigenvalue weighted by atomic mass is 10.3. The van der Waals surface area contributed by atoms with Gasteiger partial charge < -0.3 is 5.32 Å². The molecule has 0 saturated carbocycles. The Morgan fingerprint density at radius 1 is 1.43 bits per heavy atom. The molecule has 0 saturated heterocycles. The number of halogens is 4. The van der Waals surface area contributed by atoms with Crippen LogP contribution in [0.2, 0.25) is 5.02 Å². The van der Waals surface area contributed by atoms with Gasteiger partial charge in [0.15, 0.2) is 5.69 Å². The Morgan fingerprint density at radius 2 is 2.14 bits per heavy atom. The number of alkyl halides is 3. The number of benzene rings is 1. The molecule has 2 rings (SSSR count). The van der Waals surface area contributed by atoms with E-state index in [9.17, 15) is 18.0 Å². The lowest BCUT2D eigenvalue weighted by molar-refractivity contribution is -0.141. The summed E-state index contributed by atoms with van der Waals surface area (Å²) in [7, 11) is 0. The lowest BCUT2D eigenvalue weighted by Crippen LogP contribution is -2.09. The maximum atomic E-state index is 12.5. The van der Waals surface area contributed by atoms with E-state index in [-0.39, 0.29) is 10.7 Å². The number of hydrogen-bond donors (Lipinski definition) is 1. The number of amides is 1. The van der Waals surface area contributed by atoms with Crippen molar-refractivity contribution < 1.29 is 18.0 Å². The van der Waals surface area contributed by atoms with Crippen molar-refractivity contribution in [3.63, 3.8) is 0 Å². The first kappa shape index (κ1) is 15.0. The van der Waals surface area contributed by atoms with Crippen molar-refractivity contribution in [2.75, 3.05) is 5.32 Å². The Labute approximate surface area is 122 Å². The van der Waals surface area contributed by atoms with Crippen LogP contribution in [0.3, 0.4) is 0 Å². The molecule has 1 aromatic carbocycles. The molecule has 0 unspecified atom stereocenters. The van der Waals surface area contributed by atoms with Crippen LogP contribution in [0.1, 0.15) is 5.69 Å². The van der Waals surface area contributed by atoms with Gasteiger partial charge in [0.2, 0.25) is 5.91 Å². The molecule has 2 aromatic rings. The van der Waals surface area contributed by atoms with Crippen LogP contribution < -0.4 is 5.32 Å². The molecule has 1 aromatic heterocycles. The monoisotopic (exact) mass is 316 g/mol. The molecule has 0 atom stereocenters. The molecule has 1 amide bonds. The second-order valence-corrected chi connectivity index (χ2v) is 4.28. The molecular weight excluding hydrogens is 309 g/mol. The first-order valence-electron chi connectivity index (χ1n) is 5.54. The first-order valence-corrected chi connectivity index (χ1v) is 5.92. The van der Waals surface area contributed by atoms with Crippen molar-refractivity contribution in [3.8, 4) is 5.69 Å². The molecule has 21 heavy (non-hydrogen) atoms. The number of nitrogens with zero attached hydrogens (tertiary/aromatic N) is 3. The van der Waals surface area contributed by atoms with Gasteiger partial charge in [0.1, 0.15) is 5.69 Å². The number of anilines is 1. The molecule has 0 aliphatic heterocycles. The Kier molecular flexibility index (Phi) is 3.99. The predicted molar refractivity (Wildman–Crippen MR) is 70.2 cm³/mol. The molecule has 110 valence electrons. The highest BCUT2D eigenvalue weighted by atomic mass is 35.5. The molecule has 1 N–H and O–H groups in total. The van der Waals surface area contributed by atoms with Crippen molar-refractivity contribution in [2.45, 2.75) is 6.18 Å². The summed E-state index contributed by atoms with van der Waals surface area (Å²) in [5, 5.41) is 9.38. The maximum absolute atomic E-state index is 12.5. The number of carbonyl (C=O) groups is 1. The topological polar surface area (TPSA) is 59.8 Å². The van der Waals surface area contributed by atoms with E-state index in [1.807, 2.05) is 0 Å². The molecule has 9 heteroatoms. The van der Waals surface area contributed by atoms with Gasteiger partial charge in [-0.05, 0) is 24.3 Å². The van der Waals surface area contributed by atoms with Crippen molar-refractivity contribution in [1.82, 2.24) is 15.0 Å². The summed E-state index contributed by atoms with van der Waals surface area (Å²) < 4.78 is 37.4. The number of rotatable bonds is 3. The highest BCUT2D eigenvalue weighted by Crippen LogP contribution is 2.28. The zero-order chi connectivity index (χ0) is 15.6. The first-order chi connectivity index (χ1) is 9.81. The molecule has 1 heterocycles. The molecule has 0 bridgehead atoms. The van der Waals surface area contributed by atoms with Crippen molar-refractivity contribution in [2.24, 2.45) is 0 Å². The summed E-state index contributed by atoms with van der Waals surface area (Å²) in [6.07, 6.45) is -2.90. The maximum Gasteiger partial charge on any atom is 0.436 e. The van der Waals surface area contributed by atoms with Gasteiger partial charge in [0, 0.05) is 5.69 Å². The van der Waals surface area contributed by atoms with Gasteiger partial charge >= 0.3 is 6.18 Å². The molecule has 0 radical (unpaired) electrons. The molecule has 5 nitrogen and oxygen atoms in total. The van der Waals surface area contributed by atoms with Gasteiger partial charge in [0.05, 0.1) is 11.2 Å². The Hall–Kier alpha value is -2.35. The second kappa shape index (κ2) is 5.57. The van der Waals surface area contributed by atoms with Gasteiger partial charge in [-0.2, -0.15) is 18.3 Å². The molecule has 0 fully saturated rings. The van der Waals surface area contributed by atoms with Crippen LogP contribution in [0.4, 0.5) is 18.9 Å². The third-order valence-corrected chi connectivity index (χ3v) is 2.70. The highest BCUT2D eigenvalue weighted by molar-refractivity contribution is 6.32. The van der Waals surface area contributed by atoms with Crippen LogP contribution in [0.15, 0.2) is 37.1 Å². The van der Waals surface area contributed by atoms with Crippen molar-refractivity contribution >= 4 is 23.2 Å². The zero-order valence-corrected chi connectivity index (χ0v) is 11.1. The van der Waals surface area contributed by atoms with Gasteiger partial charge in [-0.3, -0.25) is 4.79 Å². The fraction of sp³-hybridized carbons (Fsp3) is 0.0833. The highest BCUT2D eigenvalue weighted by Gasteiger charge is 2.34. The van der Waals surface area contributed by atoms with E-state index in [4.69, 9.17) is 11.6 Å². The minimum Gasteiger partial charge on any atom is -0.322 e. The number of carbonyl (C=O) groups excluding carboxylic acids is 1. The summed E-state index contributed by atoms with van der Waals surface area (Å²) in [4.78, 5) is 11.9. The Balaban J connectivity index is 2.31. The number of hydrogen-bond acceptors (Lipinski definition) is 3. The van der Waals surface area contributed by atoms with E-state index < -0.39 is 17.8 Å². The van der Waals surface area contributed by atoms with Crippen LogP contribution in [0.5, 0.6) is 0 Å². The zero-order valence-electron chi connectivity index (χ0n) is 10.4. The van der Waals surface area contributed by atoms with Gasteiger partial charge in [0.25, 0.3) is 0 Å². The van der Waals surface area contributed by atoms with Crippen LogP contribution in [-0.4, -0.2) is 20.9 Å². The standard InChI is InChI=1S/C12H8ClF3N4O/c1-2-11(21)18-7-3-4-9(8(13)5-7)20-17-6-10(19-20)12(14,15)16/h2-6H,1H2,(H,18,21). The molecule has 0 aliphatic carbocycles. The third kappa shape index (κ3) is 3.40. The summed E-state index contributed by atoms with van der Waals surface area (Å²) in [6, 6.07) is 4.22. The van der Waals surface area contributed by atoms with Gasteiger partial charge in [-0.25, -0.2) is 0 Å². The quantitative estimate of drug-likeness (QED) is 0.885. The predicted octanol–water partition coefficient (Wildman–Crippen LogP) is 3.06. The molecule has 0 spiro atoms. The largest absolute Gasteiger partial charge is 0.436 e.